The molecule has 3 aromatic carbocycles. The molecule has 0 saturated carbocycles. The largest absolute Gasteiger partial charge is 0.466 e. The van der Waals surface area contributed by atoms with Crippen LogP contribution in [0.1, 0.15) is 42.9 Å². The van der Waals surface area contributed by atoms with Crippen molar-refractivity contribution < 1.29 is 23.5 Å². The Labute approximate surface area is 246 Å². The van der Waals surface area contributed by atoms with Crippen LogP contribution in [-0.4, -0.2) is 57.0 Å². The lowest BCUT2D eigenvalue weighted by atomic mass is 9.97. The summed E-state index contributed by atoms with van der Waals surface area (Å²) in [4.78, 5) is 41.5. The first-order chi connectivity index (χ1) is 20.2. The molecule has 42 heavy (non-hydrogen) atoms. The summed E-state index contributed by atoms with van der Waals surface area (Å²) in [6, 6.07) is 19.2. The minimum atomic E-state index is -0.443. The maximum absolute atomic E-state index is 14.0. The molecule has 4 rings (SSSR count). The number of amides is 2. The minimum absolute atomic E-state index is 0.0338. The molecule has 2 N–H and O–H groups in total. The van der Waals surface area contributed by atoms with Gasteiger partial charge in [-0.3, -0.25) is 14.4 Å². The molecule has 0 atom stereocenters. The second kappa shape index (κ2) is 13.9. The normalized spacial score (nSPS) is 13.4. The number of hydrogen-bond donors (Lipinski definition) is 2. The average Bonchev–Trinajstić information content (AvgIpc) is 3.29. The van der Waals surface area contributed by atoms with Crippen LogP contribution >= 0.6 is 0 Å². The molecule has 1 heterocycles. The van der Waals surface area contributed by atoms with Gasteiger partial charge in [-0.05, 0) is 100 Å². The highest BCUT2D eigenvalue weighted by molar-refractivity contribution is 6.37. The lowest BCUT2D eigenvalue weighted by Crippen LogP contribution is -2.27. The van der Waals surface area contributed by atoms with Crippen LogP contribution in [0, 0.1) is 5.82 Å². The van der Waals surface area contributed by atoms with Crippen molar-refractivity contribution >= 4 is 46.1 Å². The summed E-state index contributed by atoms with van der Waals surface area (Å²) in [5, 5.41) is 6.17. The number of benzene rings is 3. The number of esters is 1. The smallest absolute Gasteiger partial charge is 0.306 e. The summed E-state index contributed by atoms with van der Waals surface area (Å²) in [6.07, 6.45) is 1.94. The van der Waals surface area contributed by atoms with Crippen LogP contribution in [0.2, 0.25) is 0 Å². The standard InChI is InChI=1S/C33H37FN4O4/c1-5-42-30(40)18-11-22-8-6-9-23(20-22)32(31-27-17-12-24(34)21-28(27)36-33(31)41)35-25-13-15-26(16-14-25)38(4)29(39)10-7-19-37(2)3/h6,8-9,12-17,20-21,35H,5,7,10-11,18-19H2,1-4H3,(H,36,41). The van der Waals surface area contributed by atoms with Crippen LogP contribution in [0.4, 0.5) is 21.5 Å². The zero-order valence-electron chi connectivity index (χ0n) is 24.5. The molecule has 2 amide bonds. The van der Waals surface area contributed by atoms with Crippen molar-refractivity contribution in [2.75, 3.05) is 49.8 Å². The molecular formula is C33H37FN4O4. The first kappa shape index (κ1) is 30.5. The van der Waals surface area contributed by atoms with Gasteiger partial charge in [0.05, 0.1) is 23.6 Å². The van der Waals surface area contributed by atoms with E-state index in [1.807, 2.05) is 62.6 Å². The first-order valence-electron chi connectivity index (χ1n) is 14.0. The Morgan fingerprint density at radius 1 is 0.976 bits per heavy atom. The van der Waals surface area contributed by atoms with Gasteiger partial charge in [0, 0.05) is 36.8 Å². The summed E-state index contributed by atoms with van der Waals surface area (Å²) in [5.74, 6) is -1.03. The van der Waals surface area contributed by atoms with Gasteiger partial charge in [0.2, 0.25) is 5.91 Å². The van der Waals surface area contributed by atoms with E-state index >= 15 is 0 Å². The van der Waals surface area contributed by atoms with Crippen LogP contribution in [0.25, 0.3) is 11.3 Å². The van der Waals surface area contributed by atoms with Crippen LogP contribution in [-0.2, 0) is 25.5 Å². The first-order valence-corrected chi connectivity index (χ1v) is 14.0. The minimum Gasteiger partial charge on any atom is -0.466 e. The number of anilines is 3. The summed E-state index contributed by atoms with van der Waals surface area (Å²) >= 11 is 0. The molecule has 0 aromatic heterocycles. The second-order valence-electron chi connectivity index (χ2n) is 10.4. The number of carbonyl (C=O) groups is 3. The number of carbonyl (C=O) groups excluding carboxylic acids is 3. The maximum atomic E-state index is 14.0. The quantitative estimate of drug-likeness (QED) is 0.218. The molecule has 9 heteroatoms. The lowest BCUT2D eigenvalue weighted by molar-refractivity contribution is -0.143. The Bertz CT molecular complexity index is 1480. The van der Waals surface area contributed by atoms with Gasteiger partial charge in [-0.1, -0.05) is 18.2 Å². The van der Waals surface area contributed by atoms with Crippen molar-refractivity contribution in [2.24, 2.45) is 0 Å². The van der Waals surface area contributed by atoms with Crippen molar-refractivity contribution in [3.63, 3.8) is 0 Å². The predicted octanol–water partition coefficient (Wildman–Crippen LogP) is 5.56. The number of fused-ring (bicyclic) bond motifs is 1. The van der Waals surface area contributed by atoms with Crippen molar-refractivity contribution in [3.05, 3.63) is 89.2 Å². The Morgan fingerprint density at radius 3 is 2.45 bits per heavy atom. The highest BCUT2D eigenvalue weighted by Gasteiger charge is 2.29. The van der Waals surface area contributed by atoms with Crippen molar-refractivity contribution in [1.82, 2.24) is 4.90 Å². The zero-order chi connectivity index (χ0) is 30.2. The van der Waals surface area contributed by atoms with E-state index in [1.165, 1.54) is 12.1 Å². The van der Waals surface area contributed by atoms with E-state index in [1.54, 1.807) is 24.9 Å². The number of rotatable bonds is 12. The summed E-state index contributed by atoms with van der Waals surface area (Å²) in [5.41, 5.74) is 5.00. The number of ether oxygens (including phenoxy) is 1. The van der Waals surface area contributed by atoms with E-state index in [9.17, 15) is 18.8 Å². The number of nitrogens with one attached hydrogen (secondary N) is 2. The molecule has 0 aliphatic carbocycles. The Morgan fingerprint density at radius 2 is 1.74 bits per heavy atom. The van der Waals surface area contributed by atoms with Crippen molar-refractivity contribution in [1.29, 1.82) is 0 Å². The fourth-order valence-electron chi connectivity index (χ4n) is 4.81. The van der Waals surface area contributed by atoms with Crippen molar-refractivity contribution in [3.8, 4) is 0 Å². The topological polar surface area (TPSA) is 91.0 Å². The van der Waals surface area contributed by atoms with Crippen molar-refractivity contribution in [2.45, 2.75) is 32.6 Å². The van der Waals surface area contributed by atoms with Crippen LogP contribution in [0.15, 0.2) is 66.7 Å². The summed E-state index contributed by atoms with van der Waals surface area (Å²) in [6.45, 7) is 2.94. The van der Waals surface area contributed by atoms with Gasteiger partial charge in [0.25, 0.3) is 5.91 Å². The molecule has 0 bridgehead atoms. The molecule has 0 unspecified atom stereocenters. The van der Waals surface area contributed by atoms with Gasteiger partial charge >= 0.3 is 5.97 Å². The number of aryl methyl sites for hydroxylation is 1. The molecule has 3 aromatic rings. The van der Waals surface area contributed by atoms with Gasteiger partial charge in [0.15, 0.2) is 0 Å². The van der Waals surface area contributed by atoms with Gasteiger partial charge in [-0.25, -0.2) is 4.39 Å². The maximum Gasteiger partial charge on any atom is 0.306 e. The third kappa shape index (κ3) is 7.61. The molecule has 0 fully saturated rings. The SMILES string of the molecule is CCOC(=O)CCc1cccc(C(Nc2ccc(N(C)C(=O)CCCN(C)C)cc2)=C2C(=O)Nc3cc(F)ccc32)c1. The third-order valence-electron chi connectivity index (χ3n) is 7.01. The number of halogens is 1. The molecule has 1 aliphatic heterocycles. The van der Waals surface area contributed by atoms with E-state index in [0.717, 1.165) is 29.8 Å². The Balaban J connectivity index is 1.64. The molecule has 1 aliphatic rings. The van der Waals surface area contributed by atoms with Gasteiger partial charge in [0.1, 0.15) is 5.82 Å². The van der Waals surface area contributed by atoms with Crippen LogP contribution in [0.5, 0.6) is 0 Å². The fourth-order valence-corrected chi connectivity index (χ4v) is 4.81. The molecule has 8 nitrogen and oxygen atoms in total. The van der Waals surface area contributed by atoms with Gasteiger partial charge in [-0.15, -0.1) is 0 Å². The van der Waals surface area contributed by atoms with Gasteiger partial charge in [-0.2, -0.15) is 0 Å². The van der Waals surface area contributed by atoms with E-state index in [4.69, 9.17) is 4.74 Å². The highest BCUT2D eigenvalue weighted by Crippen LogP contribution is 2.38. The summed E-state index contributed by atoms with van der Waals surface area (Å²) in [7, 11) is 5.72. The average molecular weight is 573 g/mol. The Hall–Kier alpha value is -4.50. The highest BCUT2D eigenvalue weighted by atomic mass is 19.1. The molecular weight excluding hydrogens is 535 g/mol. The van der Waals surface area contributed by atoms with Gasteiger partial charge < -0.3 is 25.2 Å². The molecule has 220 valence electrons. The van der Waals surface area contributed by atoms with E-state index in [0.29, 0.717) is 47.7 Å². The monoisotopic (exact) mass is 572 g/mol. The number of hydrogen-bond acceptors (Lipinski definition) is 6. The molecule has 0 saturated heterocycles. The third-order valence-corrected chi connectivity index (χ3v) is 7.01. The van der Waals surface area contributed by atoms with Crippen LogP contribution in [0.3, 0.4) is 0 Å². The predicted molar refractivity (Wildman–Crippen MR) is 165 cm³/mol. The Kier molecular flexibility index (Phi) is 10.1. The summed E-state index contributed by atoms with van der Waals surface area (Å²) < 4.78 is 19.0. The molecule has 0 spiro atoms. The fraction of sp³-hybridized carbons (Fsp3) is 0.303. The lowest BCUT2D eigenvalue weighted by Gasteiger charge is -2.20. The van der Waals surface area contributed by atoms with E-state index in [-0.39, 0.29) is 24.2 Å². The van der Waals surface area contributed by atoms with Crippen LogP contribution < -0.4 is 15.5 Å². The van der Waals surface area contributed by atoms with E-state index < -0.39 is 5.82 Å². The molecule has 0 radical (unpaired) electrons. The van der Waals surface area contributed by atoms with E-state index in [2.05, 4.69) is 15.5 Å². The number of nitrogens with zero attached hydrogens (tertiary/aromatic N) is 2. The zero-order valence-corrected chi connectivity index (χ0v) is 24.5. The second-order valence-corrected chi connectivity index (χ2v) is 10.4.